The number of carbonyl (C=O) groups is 1. The summed E-state index contributed by atoms with van der Waals surface area (Å²) in [5.74, 6) is -5.33. The molecule has 14 heteroatoms. The van der Waals surface area contributed by atoms with Crippen LogP contribution < -0.4 is 16.2 Å². The third-order valence-corrected chi connectivity index (χ3v) is 9.07. The van der Waals surface area contributed by atoms with Crippen LogP contribution in [0, 0.1) is 40.6 Å². The normalized spacial score (nSPS) is 19.8. The molecule has 5 rings (SSSR count). The second-order valence-electron chi connectivity index (χ2n) is 11.6. The summed E-state index contributed by atoms with van der Waals surface area (Å²) < 4.78 is 45.9. The molecule has 0 saturated carbocycles. The van der Waals surface area contributed by atoms with Crippen molar-refractivity contribution in [2.75, 3.05) is 30.3 Å². The molecule has 46 heavy (non-hydrogen) atoms. The molecular formula is C32H30Cl2F3N7O2. The molecule has 2 aromatic heterocycles. The van der Waals surface area contributed by atoms with Crippen LogP contribution in [0.4, 0.5) is 24.5 Å². The highest BCUT2D eigenvalue weighted by atomic mass is 35.5. The first-order valence-electron chi connectivity index (χ1n) is 14.5. The molecule has 9 nitrogen and oxygen atoms in total. The number of nitrogens with two attached hydrogens (primary N) is 1. The lowest BCUT2D eigenvalue weighted by atomic mass is 9.88. The Morgan fingerprint density at radius 3 is 2.50 bits per heavy atom. The van der Waals surface area contributed by atoms with E-state index < -0.39 is 45.3 Å². The number of pyridine rings is 2. The van der Waals surface area contributed by atoms with E-state index in [-0.39, 0.29) is 76.4 Å². The zero-order chi connectivity index (χ0) is 33.8. The molecule has 1 fully saturated rings. The molecule has 240 valence electrons. The van der Waals surface area contributed by atoms with Crippen LogP contribution in [0.1, 0.15) is 39.3 Å². The second-order valence-corrected chi connectivity index (χ2v) is 12.4. The minimum absolute atomic E-state index is 0.0178. The quantitative estimate of drug-likeness (QED) is 0.148. The summed E-state index contributed by atoms with van der Waals surface area (Å²) in [5, 5.41) is 9.33. The molecule has 0 spiro atoms. The molecule has 0 aliphatic carbocycles. The number of hydrogen-bond donors (Lipinski definition) is 1. The minimum Gasteiger partial charge on any atom is -0.396 e. The number of carbonyl (C=O) groups excluding carboxylic acids is 1. The number of fused-ring (bicyclic) bond motifs is 1. The van der Waals surface area contributed by atoms with Crippen LogP contribution in [0.15, 0.2) is 40.8 Å². The number of hydrogen-bond acceptors (Lipinski definition) is 7. The average Bonchev–Trinajstić information content (AvgIpc) is 3.02. The molecule has 4 heterocycles. The summed E-state index contributed by atoms with van der Waals surface area (Å²) in [6, 6.07) is 2.41. The molecule has 1 amide bonds. The number of nitrogen functional groups attached to an aromatic ring is 1. The number of nitriles is 1. The summed E-state index contributed by atoms with van der Waals surface area (Å²) in [7, 11) is 0. The van der Waals surface area contributed by atoms with Gasteiger partial charge in [0.1, 0.15) is 22.3 Å². The number of nitrogens with zero attached hydrogens (tertiary/aromatic N) is 6. The van der Waals surface area contributed by atoms with Crippen LogP contribution in [0.3, 0.4) is 0 Å². The van der Waals surface area contributed by atoms with Crippen molar-refractivity contribution in [3.8, 4) is 17.3 Å². The van der Waals surface area contributed by atoms with Gasteiger partial charge in [-0.1, -0.05) is 56.6 Å². The van der Waals surface area contributed by atoms with E-state index in [2.05, 4.69) is 22.6 Å². The topological polar surface area (TPSA) is 121 Å². The van der Waals surface area contributed by atoms with Crippen LogP contribution in [-0.4, -0.2) is 51.7 Å². The summed E-state index contributed by atoms with van der Waals surface area (Å²) in [5.41, 5.74) is 3.81. The number of aliphatic imine (C=N–C) groups is 1. The van der Waals surface area contributed by atoms with Gasteiger partial charge in [-0.2, -0.15) is 5.26 Å². The highest BCUT2D eigenvalue weighted by Crippen LogP contribution is 2.43. The highest BCUT2D eigenvalue weighted by molar-refractivity contribution is 6.34. The maximum atomic E-state index is 15.5. The largest absolute Gasteiger partial charge is 0.396 e. The number of aromatic nitrogens is 2. The number of benzene rings is 1. The Bertz CT molecular complexity index is 1940. The Hall–Kier alpha value is -4.34. The number of amides is 1. The first kappa shape index (κ1) is 33.0. The Morgan fingerprint density at radius 2 is 1.89 bits per heavy atom. The molecule has 1 saturated heterocycles. The van der Waals surface area contributed by atoms with Gasteiger partial charge in [0.25, 0.3) is 5.56 Å². The smallest absolute Gasteiger partial charge is 0.272 e. The van der Waals surface area contributed by atoms with Gasteiger partial charge in [0.15, 0.2) is 17.5 Å². The van der Waals surface area contributed by atoms with Crippen molar-refractivity contribution in [1.29, 1.82) is 5.26 Å². The van der Waals surface area contributed by atoms with Crippen LogP contribution in [0.5, 0.6) is 0 Å². The van der Waals surface area contributed by atoms with Crippen LogP contribution in [0.25, 0.3) is 22.3 Å². The van der Waals surface area contributed by atoms with E-state index in [0.29, 0.717) is 5.71 Å². The fraction of sp³-hybridized carbons (Fsp3) is 0.344. The van der Waals surface area contributed by atoms with Crippen molar-refractivity contribution in [2.45, 2.75) is 39.8 Å². The second kappa shape index (κ2) is 12.5. The predicted molar refractivity (Wildman–Crippen MR) is 174 cm³/mol. The molecule has 3 atom stereocenters. The van der Waals surface area contributed by atoms with E-state index in [1.807, 2.05) is 27.7 Å². The molecule has 2 aliphatic heterocycles. The maximum Gasteiger partial charge on any atom is 0.272 e. The van der Waals surface area contributed by atoms with Crippen molar-refractivity contribution in [1.82, 2.24) is 14.5 Å². The fourth-order valence-corrected chi connectivity index (χ4v) is 6.63. The van der Waals surface area contributed by atoms with E-state index in [1.165, 1.54) is 16.7 Å². The number of piperazine rings is 1. The predicted octanol–water partition coefficient (Wildman–Crippen LogP) is 6.27. The van der Waals surface area contributed by atoms with Crippen LogP contribution in [-0.2, 0) is 4.79 Å². The van der Waals surface area contributed by atoms with Gasteiger partial charge in [-0.25, -0.2) is 18.2 Å². The van der Waals surface area contributed by atoms with Crippen LogP contribution >= 0.6 is 23.2 Å². The van der Waals surface area contributed by atoms with E-state index in [0.717, 1.165) is 0 Å². The van der Waals surface area contributed by atoms with E-state index in [1.54, 1.807) is 22.1 Å². The zero-order valence-electron chi connectivity index (χ0n) is 25.4. The molecule has 3 aromatic rings. The lowest BCUT2D eigenvalue weighted by Gasteiger charge is -2.41. The van der Waals surface area contributed by atoms with Gasteiger partial charge >= 0.3 is 0 Å². The lowest BCUT2D eigenvalue weighted by Crippen LogP contribution is -2.54. The molecule has 2 N–H and O–H groups in total. The number of allylic oxidation sites excluding steroid dienone is 1. The van der Waals surface area contributed by atoms with Gasteiger partial charge in [-0.05, 0) is 25.0 Å². The van der Waals surface area contributed by atoms with Gasteiger partial charge in [-0.15, -0.1) is 0 Å². The van der Waals surface area contributed by atoms with Gasteiger partial charge in [-0.3, -0.25) is 19.1 Å². The molecule has 0 radical (unpaired) electrons. The Morgan fingerprint density at radius 1 is 1.20 bits per heavy atom. The summed E-state index contributed by atoms with van der Waals surface area (Å²) in [6.45, 7) is 11.8. The first-order chi connectivity index (χ1) is 21.7. The Labute approximate surface area is 273 Å². The fourth-order valence-electron chi connectivity index (χ4n) is 6.21. The zero-order valence-corrected chi connectivity index (χ0v) is 26.9. The third kappa shape index (κ3) is 5.21. The Kier molecular flexibility index (Phi) is 8.94. The lowest BCUT2D eigenvalue weighted by molar-refractivity contribution is -0.128. The van der Waals surface area contributed by atoms with E-state index >= 15 is 4.39 Å². The first-order valence-corrected chi connectivity index (χ1v) is 15.2. The molecule has 2 unspecified atom stereocenters. The molecule has 0 bridgehead atoms. The van der Waals surface area contributed by atoms with Crippen molar-refractivity contribution < 1.29 is 18.0 Å². The molecule has 1 aromatic carbocycles. The van der Waals surface area contributed by atoms with Gasteiger partial charge in [0.05, 0.1) is 33.7 Å². The minimum atomic E-state index is -1.67. The van der Waals surface area contributed by atoms with Crippen molar-refractivity contribution >= 4 is 57.2 Å². The standard InChI is InChI=1S/C32H30Cl2F3N7O2/c1-6-20(45)43-10-9-42(13-16(43)5)30-17-11-19(33)28(21-23(35)22(34)24(36)25(37)26(21)39)41-31(17)44(32(46)18(30)12-38)29-15(4)7-8-40-27(29)14(2)3/h6-8,11,14-16,29H,1,9-10,13,39H2,2-5H3/t15?,16-,29?/m1/s1. The van der Waals surface area contributed by atoms with E-state index in [9.17, 15) is 23.6 Å². The SMILES string of the molecule is C=CC(=O)N1CCN(c2c(C#N)c(=O)n(C3C(C(C)C)=NC=CC3C)c3nc(-c4c(N)c(F)c(F)c(Cl)c4F)c(Cl)cc23)C[C@H]1C. The monoisotopic (exact) mass is 671 g/mol. The average molecular weight is 673 g/mol. The molecular weight excluding hydrogens is 642 g/mol. The molecule has 2 aliphatic rings. The summed E-state index contributed by atoms with van der Waals surface area (Å²) in [4.78, 5) is 39.5. The van der Waals surface area contributed by atoms with Gasteiger partial charge in [0, 0.05) is 48.9 Å². The van der Waals surface area contributed by atoms with Crippen molar-refractivity contribution in [2.24, 2.45) is 16.8 Å². The Balaban J connectivity index is 1.89. The number of halogens is 5. The highest BCUT2D eigenvalue weighted by Gasteiger charge is 2.36. The number of rotatable bonds is 5. The van der Waals surface area contributed by atoms with Gasteiger partial charge < -0.3 is 15.5 Å². The van der Waals surface area contributed by atoms with Crippen LogP contribution in [0.2, 0.25) is 10.0 Å². The number of anilines is 2. The van der Waals surface area contributed by atoms with Crippen molar-refractivity contribution in [3.63, 3.8) is 0 Å². The van der Waals surface area contributed by atoms with Crippen molar-refractivity contribution in [3.05, 3.63) is 74.4 Å². The summed E-state index contributed by atoms with van der Waals surface area (Å²) >= 11 is 12.5. The third-order valence-electron chi connectivity index (χ3n) is 8.45. The maximum absolute atomic E-state index is 15.5. The summed E-state index contributed by atoms with van der Waals surface area (Å²) in [6.07, 6.45) is 4.66. The van der Waals surface area contributed by atoms with Gasteiger partial charge in [0.2, 0.25) is 5.91 Å². The van der Waals surface area contributed by atoms with E-state index in [4.69, 9.17) is 28.9 Å².